The summed E-state index contributed by atoms with van der Waals surface area (Å²) in [6.45, 7) is 3.94. The van der Waals surface area contributed by atoms with Gasteiger partial charge < -0.3 is 10.4 Å². The Hall–Kier alpha value is -1.88. The van der Waals surface area contributed by atoms with Crippen molar-refractivity contribution in [1.29, 1.82) is 0 Å². The third kappa shape index (κ3) is 4.97. The van der Waals surface area contributed by atoms with E-state index >= 15 is 0 Å². The van der Waals surface area contributed by atoms with E-state index in [-0.39, 0.29) is 12.5 Å². The molecule has 0 spiro atoms. The van der Waals surface area contributed by atoms with E-state index in [4.69, 9.17) is 5.11 Å². The number of nitrogens with one attached hydrogen (secondary N) is 2. The first kappa shape index (κ1) is 14.2. The molecule has 1 rings (SSSR count). The van der Waals surface area contributed by atoms with Gasteiger partial charge in [0.25, 0.3) is 0 Å². The number of rotatable bonds is 6. The Bertz CT molecular complexity index is 415. The summed E-state index contributed by atoms with van der Waals surface area (Å²) in [4.78, 5) is 22.0. The number of hydrogen-bond acceptors (Lipinski definition) is 3. The summed E-state index contributed by atoms with van der Waals surface area (Å²) in [6, 6.07) is 7.12. The summed E-state index contributed by atoms with van der Waals surface area (Å²) in [6.07, 6.45) is 0. The lowest BCUT2D eigenvalue weighted by Crippen LogP contribution is -2.41. The maximum absolute atomic E-state index is 11.4. The summed E-state index contributed by atoms with van der Waals surface area (Å²) in [5, 5.41) is 14.0. The van der Waals surface area contributed by atoms with Gasteiger partial charge in [0.15, 0.2) is 0 Å². The molecule has 1 aromatic rings. The molecule has 0 aliphatic heterocycles. The average Bonchev–Trinajstić information content (AvgIpc) is 2.35. The molecule has 5 heteroatoms. The van der Waals surface area contributed by atoms with Crippen molar-refractivity contribution in [2.45, 2.75) is 26.4 Å². The van der Waals surface area contributed by atoms with E-state index in [2.05, 4.69) is 10.6 Å². The second kappa shape index (κ2) is 6.76. The third-order valence-electron chi connectivity index (χ3n) is 2.55. The van der Waals surface area contributed by atoms with Gasteiger partial charge in [-0.05, 0) is 19.4 Å². The Balaban J connectivity index is 2.29. The second-order valence-corrected chi connectivity index (χ2v) is 4.20. The molecule has 0 aliphatic carbocycles. The number of amides is 1. The van der Waals surface area contributed by atoms with Crippen molar-refractivity contribution in [3.05, 3.63) is 35.4 Å². The molecule has 0 heterocycles. The van der Waals surface area contributed by atoms with Gasteiger partial charge in [0.05, 0.1) is 6.54 Å². The lowest BCUT2D eigenvalue weighted by atomic mass is 10.1. The fourth-order valence-corrected chi connectivity index (χ4v) is 1.30. The molecule has 1 atom stereocenters. The highest BCUT2D eigenvalue weighted by atomic mass is 16.4. The SMILES string of the molecule is Cc1ccc(CNC(=O)CN[C@H](C)C(=O)O)cc1. The van der Waals surface area contributed by atoms with E-state index in [1.807, 2.05) is 31.2 Å². The highest BCUT2D eigenvalue weighted by molar-refractivity contribution is 5.79. The van der Waals surface area contributed by atoms with Crippen LogP contribution in [0.25, 0.3) is 0 Å². The third-order valence-corrected chi connectivity index (χ3v) is 2.55. The highest BCUT2D eigenvalue weighted by Gasteiger charge is 2.11. The van der Waals surface area contributed by atoms with Gasteiger partial charge in [0, 0.05) is 6.54 Å². The second-order valence-electron chi connectivity index (χ2n) is 4.20. The fraction of sp³-hybridized carbons (Fsp3) is 0.385. The van der Waals surface area contributed by atoms with Gasteiger partial charge in [-0.2, -0.15) is 0 Å². The minimum atomic E-state index is -0.971. The van der Waals surface area contributed by atoms with Crippen molar-refractivity contribution in [3.63, 3.8) is 0 Å². The summed E-state index contributed by atoms with van der Waals surface area (Å²) < 4.78 is 0. The molecule has 98 valence electrons. The number of benzene rings is 1. The van der Waals surface area contributed by atoms with Crippen LogP contribution in [0.5, 0.6) is 0 Å². The van der Waals surface area contributed by atoms with Crippen LogP contribution in [0.2, 0.25) is 0 Å². The molecule has 0 aliphatic rings. The zero-order chi connectivity index (χ0) is 13.5. The van der Waals surface area contributed by atoms with Gasteiger partial charge in [0.2, 0.25) is 5.91 Å². The molecule has 18 heavy (non-hydrogen) atoms. The number of aliphatic carboxylic acids is 1. The first-order chi connectivity index (χ1) is 8.49. The highest BCUT2D eigenvalue weighted by Crippen LogP contribution is 2.02. The van der Waals surface area contributed by atoms with Crippen molar-refractivity contribution in [3.8, 4) is 0 Å². The van der Waals surface area contributed by atoms with Gasteiger partial charge in [0.1, 0.15) is 6.04 Å². The molecule has 0 unspecified atom stereocenters. The van der Waals surface area contributed by atoms with E-state index in [0.29, 0.717) is 6.54 Å². The van der Waals surface area contributed by atoms with Gasteiger partial charge in [-0.3, -0.25) is 14.9 Å². The van der Waals surface area contributed by atoms with Crippen LogP contribution in [-0.2, 0) is 16.1 Å². The van der Waals surface area contributed by atoms with Crippen molar-refractivity contribution in [2.75, 3.05) is 6.54 Å². The molecule has 0 radical (unpaired) electrons. The van der Waals surface area contributed by atoms with Crippen LogP contribution in [0.1, 0.15) is 18.1 Å². The van der Waals surface area contributed by atoms with E-state index in [9.17, 15) is 9.59 Å². The van der Waals surface area contributed by atoms with Crippen LogP contribution in [0.15, 0.2) is 24.3 Å². The lowest BCUT2D eigenvalue weighted by Gasteiger charge is -2.09. The van der Waals surface area contributed by atoms with Crippen molar-refractivity contribution in [2.24, 2.45) is 0 Å². The van der Waals surface area contributed by atoms with E-state index < -0.39 is 12.0 Å². The predicted octanol–water partition coefficient (Wildman–Crippen LogP) is 0.674. The molecule has 0 bridgehead atoms. The van der Waals surface area contributed by atoms with Crippen molar-refractivity contribution in [1.82, 2.24) is 10.6 Å². The lowest BCUT2D eigenvalue weighted by molar-refractivity contribution is -0.139. The van der Waals surface area contributed by atoms with Crippen molar-refractivity contribution >= 4 is 11.9 Å². The minimum absolute atomic E-state index is 0.000667. The first-order valence-corrected chi connectivity index (χ1v) is 5.77. The maximum Gasteiger partial charge on any atom is 0.320 e. The van der Waals surface area contributed by atoms with E-state index in [0.717, 1.165) is 5.56 Å². The van der Waals surface area contributed by atoms with Gasteiger partial charge in [-0.1, -0.05) is 29.8 Å². The number of hydrogen-bond donors (Lipinski definition) is 3. The number of carbonyl (C=O) groups is 2. The molecule has 3 N–H and O–H groups in total. The van der Waals surface area contributed by atoms with Crippen LogP contribution in [0.4, 0.5) is 0 Å². The summed E-state index contributed by atoms with van der Waals surface area (Å²) in [7, 11) is 0. The molecule has 0 saturated carbocycles. The average molecular weight is 250 g/mol. The Morgan fingerprint density at radius 2 is 1.89 bits per heavy atom. The van der Waals surface area contributed by atoms with Gasteiger partial charge >= 0.3 is 5.97 Å². The zero-order valence-electron chi connectivity index (χ0n) is 10.6. The van der Waals surface area contributed by atoms with Gasteiger partial charge in [-0.25, -0.2) is 0 Å². The number of carboxylic acids is 1. The minimum Gasteiger partial charge on any atom is -0.480 e. The molecule has 0 fully saturated rings. The molecule has 0 saturated heterocycles. The number of carboxylic acid groups (broad SMARTS) is 1. The number of carbonyl (C=O) groups excluding carboxylic acids is 1. The summed E-state index contributed by atoms with van der Waals surface area (Å²) in [5.41, 5.74) is 2.18. The maximum atomic E-state index is 11.4. The van der Waals surface area contributed by atoms with E-state index in [1.54, 1.807) is 0 Å². The van der Waals surface area contributed by atoms with Gasteiger partial charge in [-0.15, -0.1) is 0 Å². The zero-order valence-corrected chi connectivity index (χ0v) is 10.6. The Morgan fingerprint density at radius 3 is 2.44 bits per heavy atom. The molecule has 0 aromatic heterocycles. The predicted molar refractivity (Wildman–Crippen MR) is 68.1 cm³/mol. The Labute approximate surface area is 106 Å². The topological polar surface area (TPSA) is 78.4 Å². The summed E-state index contributed by atoms with van der Waals surface area (Å²) in [5.74, 6) is -1.19. The Morgan fingerprint density at radius 1 is 1.28 bits per heavy atom. The molecule has 5 nitrogen and oxygen atoms in total. The largest absolute Gasteiger partial charge is 0.480 e. The van der Waals surface area contributed by atoms with Crippen LogP contribution in [0, 0.1) is 6.92 Å². The Kier molecular flexibility index (Phi) is 5.32. The van der Waals surface area contributed by atoms with Crippen LogP contribution in [0.3, 0.4) is 0 Å². The van der Waals surface area contributed by atoms with E-state index in [1.165, 1.54) is 12.5 Å². The number of aryl methyl sites for hydroxylation is 1. The van der Waals surface area contributed by atoms with Crippen LogP contribution < -0.4 is 10.6 Å². The quantitative estimate of drug-likeness (QED) is 0.693. The fourth-order valence-electron chi connectivity index (χ4n) is 1.30. The molecular formula is C13H18N2O3. The first-order valence-electron chi connectivity index (χ1n) is 5.77. The van der Waals surface area contributed by atoms with Crippen LogP contribution >= 0.6 is 0 Å². The monoisotopic (exact) mass is 250 g/mol. The smallest absolute Gasteiger partial charge is 0.320 e. The van der Waals surface area contributed by atoms with Crippen molar-refractivity contribution < 1.29 is 14.7 Å². The van der Waals surface area contributed by atoms with Crippen LogP contribution in [-0.4, -0.2) is 29.6 Å². The molecule has 1 aromatic carbocycles. The standard InChI is InChI=1S/C13H18N2O3/c1-9-3-5-11(6-4-9)7-15-12(16)8-14-10(2)13(17)18/h3-6,10,14H,7-8H2,1-2H3,(H,15,16)(H,17,18)/t10-/m1/s1. The molecule has 1 amide bonds. The molecular weight excluding hydrogens is 232 g/mol. The normalized spacial score (nSPS) is 11.9. The summed E-state index contributed by atoms with van der Waals surface area (Å²) >= 11 is 0.